The maximum Gasteiger partial charge on any atom is 0.433 e. The highest BCUT2D eigenvalue weighted by molar-refractivity contribution is 5.91. The number of nitrogens with one attached hydrogen (secondary N) is 1. The van der Waals surface area contributed by atoms with E-state index in [1.165, 1.54) is 6.07 Å². The average molecular weight is 270 g/mol. The third kappa shape index (κ3) is 4.78. The first-order chi connectivity index (χ1) is 8.90. The average Bonchev–Trinajstić information content (AvgIpc) is 2.77. The second kappa shape index (κ2) is 6.53. The fraction of sp³-hybridized carbons (Fsp3) is 0.455. The van der Waals surface area contributed by atoms with E-state index in [9.17, 15) is 19.7 Å². The van der Waals surface area contributed by atoms with Crippen molar-refractivity contribution in [2.75, 3.05) is 0 Å². The Labute approximate surface area is 108 Å². The smallest absolute Gasteiger partial charge is 0.433 e. The molecule has 0 aliphatic rings. The highest BCUT2D eigenvalue weighted by atomic mass is 16.6. The first-order valence-electron chi connectivity index (χ1n) is 5.67. The van der Waals surface area contributed by atoms with Gasteiger partial charge in [-0.1, -0.05) is 0 Å². The van der Waals surface area contributed by atoms with Crippen molar-refractivity contribution in [2.45, 2.75) is 32.2 Å². The predicted molar refractivity (Wildman–Crippen MR) is 63.8 cm³/mol. The molecule has 0 radical (unpaired) electrons. The molecular formula is C11H14N2O6. The van der Waals surface area contributed by atoms with Crippen LogP contribution in [0.25, 0.3) is 0 Å². The molecule has 8 nitrogen and oxygen atoms in total. The topological polar surface area (TPSA) is 123 Å². The van der Waals surface area contributed by atoms with Crippen molar-refractivity contribution in [3.8, 4) is 0 Å². The van der Waals surface area contributed by atoms with Crippen molar-refractivity contribution in [1.29, 1.82) is 0 Å². The van der Waals surface area contributed by atoms with Crippen LogP contribution >= 0.6 is 0 Å². The predicted octanol–water partition coefficient (Wildman–Crippen LogP) is 1.56. The van der Waals surface area contributed by atoms with Crippen LogP contribution in [0.5, 0.6) is 0 Å². The number of carboxylic acid groups (broad SMARTS) is 1. The van der Waals surface area contributed by atoms with Crippen LogP contribution in [0.1, 0.15) is 36.7 Å². The molecule has 104 valence electrons. The molecule has 2 N–H and O–H groups in total. The Morgan fingerprint density at radius 2 is 2.21 bits per heavy atom. The summed E-state index contributed by atoms with van der Waals surface area (Å²) in [6, 6.07) is 2.08. The van der Waals surface area contributed by atoms with Crippen molar-refractivity contribution in [3.63, 3.8) is 0 Å². The van der Waals surface area contributed by atoms with Gasteiger partial charge in [-0.3, -0.25) is 19.7 Å². The van der Waals surface area contributed by atoms with E-state index < -0.39 is 22.7 Å². The molecule has 1 atom stereocenters. The fourth-order valence-electron chi connectivity index (χ4n) is 1.47. The lowest BCUT2D eigenvalue weighted by Gasteiger charge is -2.11. The monoisotopic (exact) mass is 270 g/mol. The number of carbonyl (C=O) groups excluding carboxylic acids is 1. The summed E-state index contributed by atoms with van der Waals surface area (Å²) in [4.78, 5) is 31.6. The lowest BCUT2D eigenvalue weighted by molar-refractivity contribution is -0.402. The van der Waals surface area contributed by atoms with Gasteiger partial charge in [-0.15, -0.1) is 0 Å². The highest BCUT2D eigenvalue weighted by Crippen LogP contribution is 2.15. The standard InChI is InChI=1S/C11H14N2O6/c1-7(3-2-4-10(14)15)12-11(16)8-5-6-9(19-8)13(17)18/h5-7H,2-4H2,1H3,(H,12,16)(H,14,15). The molecule has 19 heavy (non-hydrogen) atoms. The van der Waals surface area contributed by atoms with E-state index in [1.54, 1.807) is 6.92 Å². The quantitative estimate of drug-likeness (QED) is 0.572. The summed E-state index contributed by atoms with van der Waals surface area (Å²) >= 11 is 0. The molecule has 8 heteroatoms. The van der Waals surface area contributed by atoms with E-state index in [4.69, 9.17) is 9.52 Å². The molecule has 1 aromatic rings. The molecule has 0 saturated carbocycles. The van der Waals surface area contributed by atoms with E-state index in [2.05, 4.69) is 5.32 Å². The Balaban J connectivity index is 2.45. The molecular weight excluding hydrogens is 256 g/mol. The molecule has 0 fully saturated rings. The zero-order valence-corrected chi connectivity index (χ0v) is 10.3. The van der Waals surface area contributed by atoms with Gasteiger partial charge in [0.25, 0.3) is 5.91 Å². The minimum absolute atomic E-state index is 0.0342. The van der Waals surface area contributed by atoms with E-state index >= 15 is 0 Å². The minimum Gasteiger partial charge on any atom is -0.481 e. The number of nitrogens with zero attached hydrogens (tertiary/aromatic N) is 1. The van der Waals surface area contributed by atoms with Crippen molar-refractivity contribution >= 4 is 17.8 Å². The molecule has 0 bridgehead atoms. The van der Waals surface area contributed by atoms with Gasteiger partial charge in [-0.2, -0.15) is 0 Å². The minimum atomic E-state index is -0.889. The van der Waals surface area contributed by atoms with Crippen LogP contribution in [0.4, 0.5) is 5.88 Å². The number of nitro groups is 1. The van der Waals surface area contributed by atoms with E-state index in [-0.39, 0.29) is 18.2 Å². The second-order valence-electron chi connectivity index (χ2n) is 4.06. The SMILES string of the molecule is CC(CCCC(=O)O)NC(=O)c1ccc([N+](=O)[O-])o1. The van der Waals surface area contributed by atoms with E-state index in [0.29, 0.717) is 12.8 Å². The van der Waals surface area contributed by atoms with Crippen molar-refractivity contribution in [2.24, 2.45) is 0 Å². The summed E-state index contributed by atoms with van der Waals surface area (Å²) in [6.45, 7) is 1.72. The summed E-state index contributed by atoms with van der Waals surface area (Å²) in [5.41, 5.74) is 0. The highest BCUT2D eigenvalue weighted by Gasteiger charge is 2.18. The Morgan fingerprint density at radius 1 is 1.53 bits per heavy atom. The third-order valence-electron chi connectivity index (χ3n) is 2.40. The number of carboxylic acids is 1. The molecule has 0 saturated heterocycles. The van der Waals surface area contributed by atoms with Crippen molar-refractivity contribution in [3.05, 3.63) is 28.0 Å². The molecule has 1 heterocycles. The molecule has 0 aromatic carbocycles. The van der Waals surface area contributed by atoms with Gasteiger partial charge >= 0.3 is 11.9 Å². The maximum atomic E-state index is 11.6. The number of furan rings is 1. The molecule has 0 spiro atoms. The van der Waals surface area contributed by atoms with Gasteiger partial charge in [0, 0.05) is 12.5 Å². The van der Waals surface area contributed by atoms with Gasteiger partial charge in [-0.05, 0) is 25.8 Å². The van der Waals surface area contributed by atoms with Crippen molar-refractivity contribution < 1.29 is 24.0 Å². The number of rotatable bonds is 7. The summed E-state index contributed by atoms with van der Waals surface area (Å²) < 4.78 is 4.75. The lowest BCUT2D eigenvalue weighted by atomic mass is 10.1. The van der Waals surface area contributed by atoms with Crippen LogP contribution in [-0.4, -0.2) is 27.9 Å². The van der Waals surface area contributed by atoms with Crippen LogP contribution in [-0.2, 0) is 4.79 Å². The van der Waals surface area contributed by atoms with E-state index in [1.807, 2.05) is 0 Å². The third-order valence-corrected chi connectivity index (χ3v) is 2.40. The lowest BCUT2D eigenvalue weighted by Crippen LogP contribution is -2.32. The Hall–Kier alpha value is -2.38. The number of amides is 1. The van der Waals surface area contributed by atoms with Crippen LogP contribution in [0, 0.1) is 10.1 Å². The molecule has 1 aromatic heterocycles. The van der Waals surface area contributed by atoms with E-state index in [0.717, 1.165) is 6.07 Å². The van der Waals surface area contributed by atoms with Gasteiger partial charge < -0.3 is 14.8 Å². The Morgan fingerprint density at radius 3 is 2.74 bits per heavy atom. The summed E-state index contributed by atoms with van der Waals surface area (Å²) in [6.07, 6.45) is 0.975. The summed E-state index contributed by atoms with van der Waals surface area (Å²) in [5.74, 6) is -2.09. The first-order valence-corrected chi connectivity index (χ1v) is 5.67. The molecule has 1 amide bonds. The van der Waals surface area contributed by atoms with Crippen LogP contribution in [0.15, 0.2) is 16.5 Å². The molecule has 1 unspecified atom stereocenters. The van der Waals surface area contributed by atoms with Crippen LogP contribution < -0.4 is 5.32 Å². The van der Waals surface area contributed by atoms with Gasteiger partial charge in [0.2, 0.25) is 0 Å². The summed E-state index contributed by atoms with van der Waals surface area (Å²) in [5, 5.41) is 21.4. The second-order valence-corrected chi connectivity index (χ2v) is 4.06. The molecule has 0 aliphatic carbocycles. The van der Waals surface area contributed by atoms with Crippen LogP contribution in [0.2, 0.25) is 0 Å². The maximum absolute atomic E-state index is 11.6. The first kappa shape index (κ1) is 14.7. The molecule has 1 rings (SSSR count). The number of hydrogen-bond acceptors (Lipinski definition) is 5. The zero-order chi connectivity index (χ0) is 14.4. The number of hydrogen-bond donors (Lipinski definition) is 2. The van der Waals surface area contributed by atoms with Crippen LogP contribution in [0.3, 0.4) is 0 Å². The normalized spacial score (nSPS) is 11.8. The van der Waals surface area contributed by atoms with Crippen molar-refractivity contribution in [1.82, 2.24) is 5.32 Å². The Bertz CT molecular complexity index is 481. The number of carbonyl (C=O) groups is 2. The largest absolute Gasteiger partial charge is 0.481 e. The van der Waals surface area contributed by atoms with Gasteiger partial charge in [0.1, 0.15) is 4.92 Å². The summed E-state index contributed by atoms with van der Waals surface area (Å²) in [7, 11) is 0. The zero-order valence-electron chi connectivity index (χ0n) is 10.3. The molecule has 0 aliphatic heterocycles. The van der Waals surface area contributed by atoms with Gasteiger partial charge in [0.15, 0.2) is 5.76 Å². The van der Waals surface area contributed by atoms with Gasteiger partial charge in [-0.25, -0.2) is 0 Å². The van der Waals surface area contributed by atoms with Gasteiger partial charge in [0.05, 0.1) is 6.07 Å². The Kier molecular flexibility index (Phi) is 5.04. The fourth-order valence-corrected chi connectivity index (χ4v) is 1.47. The number of aliphatic carboxylic acids is 1.